The van der Waals surface area contributed by atoms with Gasteiger partial charge in [-0.25, -0.2) is 4.98 Å². The summed E-state index contributed by atoms with van der Waals surface area (Å²) in [4.78, 5) is 22.8. The second-order valence-electron chi connectivity index (χ2n) is 5.78. The maximum Gasteiger partial charge on any atom is 0.274 e. The van der Waals surface area contributed by atoms with Crippen molar-refractivity contribution in [3.8, 4) is 0 Å². The Hall–Kier alpha value is -1.65. The first kappa shape index (κ1) is 14.8. The van der Waals surface area contributed by atoms with E-state index in [9.17, 15) is 4.79 Å². The third-order valence-corrected chi connectivity index (χ3v) is 4.32. The molecule has 1 amide bonds. The first-order valence-corrected chi connectivity index (χ1v) is 7.43. The predicted octanol–water partition coefficient (Wildman–Crippen LogP) is 2.56. The van der Waals surface area contributed by atoms with Crippen LogP contribution < -0.4 is 5.32 Å². The fourth-order valence-corrected chi connectivity index (χ4v) is 2.50. The summed E-state index contributed by atoms with van der Waals surface area (Å²) in [6.45, 7) is 8.92. The largest absolute Gasteiger partial charge is 0.369 e. The van der Waals surface area contributed by atoms with Gasteiger partial charge >= 0.3 is 0 Å². The molecule has 0 radical (unpaired) electrons. The number of hydrogen-bond acceptors (Lipinski definition) is 4. The van der Waals surface area contributed by atoms with E-state index < -0.39 is 0 Å². The van der Waals surface area contributed by atoms with Crippen LogP contribution in [0, 0.1) is 5.41 Å². The molecule has 1 fully saturated rings. The first-order valence-electron chi connectivity index (χ1n) is 7.43. The summed E-state index contributed by atoms with van der Waals surface area (Å²) in [7, 11) is 0. The topological polar surface area (TPSA) is 58.1 Å². The van der Waals surface area contributed by atoms with Crippen LogP contribution in [0.5, 0.6) is 0 Å². The van der Waals surface area contributed by atoms with Gasteiger partial charge in [0.15, 0.2) is 0 Å². The predicted molar refractivity (Wildman–Crippen MR) is 79.7 cm³/mol. The molecule has 1 aliphatic rings. The highest BCUT2D eigenvalue weighted by Gasteiger charge is 2.31. The van der Waals surface area contributed by atoms with Gasteiger partial charge in [-0.15, -0.1) is 0 Å². The zero-order chi connectivity index (χ0) is 14.6. The minimum absolute atomic E-state index is 0.00425. The molecule has 1 N–H and O–H groups in total. The number of rotatable bonds is 4. The van der Waals surface area contributed by atoms with Crippen molar-refractivity contribution >= 4 is 11.7 Å². The lowest BCUT2D eigenvalue weighted by Crippen LogP contribution is -2.42. The molecule has 1 aromatic rings. The third-order valence-electron chi connectivity index (χ3n) is 4.32. The van der Waals surface area contributed by atoms with Crippen molar-refractivity contribution in [2.75, 3.05) is 25.0 Å². The standard InChI is InChI=1S/C15H24N4O/c1-4-15(3)6-8-19(9-7-15)14(20)12-10-16-11-13(18-12)17-5-2/h10-11H,4-9H2,1-3H3,(H,17,18). The Morgan fingerprint density at radius 2 is 2.05 bits per heavy atom. The molecule has 0 atom stereocenters. The fourth-order valence-electron chi connectivity index (χ4n) is 2.50. The third kappa shape index (κ3) is 3.26. The van der Waals surface area contributed by atoms with Crippen LogP contribution in [0.1, 0.15) is 50.5 Å². The van der Waals surface area contributed by atoms with Crippen LogP contribution in [0.15, 0.2) is 12.4 Å². The summed E-state index contributed by atoms with van der Waals surface area (Å²) >= 11 is 0. The monoisotopic (exact) mass is 276 g/mol. The molecular weight excluding hydrogens is 252 g/mol. The summed E-state index contributed by atoms with van der Waals surface area (Å²) in [6, 6.07) is 0. The van der Waals surface area contributed by atoms with Crippen LogP contribution in [0.4, 0.5) is 5.82 Å². The molecule has 20 heavy (non-hydrogen) atoms. The van der Waals surface area contributed by atoms with Gasteiger partial charge < -0.3 is 10.2 Å². The number of likely N-dealkylation sites (tertiary alicyclic amines) is 1. The Kier molecular flexibility index (Phi) is 4.57. The zero-order valence-corrected chi connectivity index (χ0v) is 12.6. The van der Waals surface area contributed by atoms with Crippen LogP contribution in [0.2, 0.25) is 0 Å². The van der Waals surface area contributed by atoms with Crippen molar-refractivity contribution < 1.29 is 4.79 Å². The van der Waals surface area contributed by atoms with Crippen LogP contribution in [-0.2, 0) is 0 Å². The van der Waals surface area contributed by atoms with E-state index in [1.807, 2.05) is 11.8 Å². The summed E-state index contributed by atoms with van der Waals surface area (Å²) in [6.07, 6.45) is 6.50. The Morgan fingerprint density at radius 1 is 1.35 bits per heavy atom. The maximum atomic E-state index is 12.5. The van der Waals surface area contributed by atoms with Crippen LogP contribution in [0.25, 0.3) is 0 Å². The van der Waals surface area contributed by atoms with E-state index in [0.717, 1.165) is 32.5 Å². The van der Waals surface area contributed by atoms with E-state index in [2.05, 4.69) is 29.1 Å². The maximum absolute atomic E-state index is 12.5. The van der Waals surface area contributed by atoms with Gasteiger partial charge in [0.05, 0.1) is 12.4 Å². The second-order valence-corrected chi connectivity index (χ2v) is 5.78. The van der Waals surface area contributed by atoms with Gasteiger partial charge in [0.1, 0.15) is 11.5 Å². The molecule has 2 rings (SSSR count). The number of nitrogens with zero attached hydrogens (tertiary/aromatic N) is 3. The van der Waals surface area contributed by atoms with Crippen LogP contribution in [0.3, 0.4) is 0 Å². The highest BCUT2D eigenvalue weighted by atomic mass is 16.2. The number of hydrogen-bond donors (Lipinski definition) is 1. The van der Waals surface area contributed by atoms with Gasteiger partial charge in [-0.2, -0.15) is 0 Å². The number of piperidine rings is 1. The number of aromatic nitrogens is 2. The molecule has 0 aromatic carbocycles. The molecule has 0 spiro atoms. The first-order chi connectivity index (χ1) is 9.58. The SMILES string of the molecule is CCNc1cncc(C(=O)N2CCC(C)(CC)CC2)n1. The molecule has 0 saturated carbocycles. The Balaban J connectivity index is 2.03. The average molecular weight is 276 g/mol. The zero-order valence-electron chi connectivity index (χ0n) is 12.6. The average Bonchev–Trinajstić information content (AvgIpc) is 2.48. The minimum Gasteiger partial charge on any atom is -0.369 e. The molecule has 0 aliphatic carbocycles. The van der Waals surface area contributed by atoms with Gasteiger partial charge in [-0.1, -0.05) is 20.3 Å². The van der Waals surface area contributed by atoms with Gasteiger partial charge in [-0.3, -0.25) is 9.78 Å². The Morgan fingerprint density at radius 3 is 2.65 bits per heavy atom. The fraction of sp³-hybridized carbons (Fsp3) is 0.667. The van der Waals surface area contributed by atoms with Crippen LogP contribution in [-0.4, -0.2) is 40.4 Å². The molecule has 1 saturated heterocycles. The Bertz CT molecular complexity index is 467. The number of carbonyl (C=O) groups is 1. The van der Waals surface area contributed by atoms with Crippen molar-refractivity contribution in [1.82, 2.24) is 14.9 Å². The van der Waals surface area contributed by atoms with E-state index >= 15 is 0 Å². The molecule has 2 heterocycles. The van der Waals surface area contributed by atoms with E-state index in [4.69, 9.17) is 0 Å². The number of nitrogens with one attached hydrogen (secondary N) is 1. The summed E-state index contributed by atoms with van der Waals surface area (Å²) < 4.78 is 0. The molecule has 5 heteroatoms. The molecular formula is C15H24N4O. The summed E-state index contributed by atoms with van der Waals surface area (Å²) in [5.74, 6) is 0.657. The lowest BCUT2D eigenvalue weighted by atomic mass is 9.78. The van der Waals surface area contributed by atoms with Gasteiger partial charge in [0.2, 0.25) is 0 Å². The van der Waals surface area contributed by atoms with Crippen molar-refractivity contribution in [2.24, 2.45) is 5.41 Å². The van der Waals surface area contributed by atoms with E-state index in [0.29, 0.717) is 16.9 Å². The van der Waals surface area contributed by atoms with Gasteiger partial charge in [-0.05, 0) is 25.2 Å². The lowest BCUT2D eigenvalue weighted by molar-refractivity contribution is 0.0594. The molecule has 5 nitrogen and oxygen atoms in total. The smallest absolute Gasteiger partial charge is 0.274 e. The van der Waals surface area contributed by atoms with E-state index in [1.54, 1.807) is 12.4 Å². The van der Waals surface area contributed by atoms with Crippen molar-refractivity contribution in [1.29, 1.82) is 0 Å². The number of amides is 1. The molecule has 1 aromatic heterocycles. The van der Waals surface area contributed by atoms with Gasteiger partial charge in [0.25, 0.3) is 5.91 Å². The molecule has 110 valence electrons. The van der Waals surface area contributed by atoms with E-state index in [-0.39, 0.29) is 5.91 Å². The highest BCUT2D eigenvalue weighted by molar-refractivity contribution is 5.92. The summed E-state index contributed by atoms with van der Waals surface area (Å²) in [5, 5.41) is 3.08. The quantitative estimate of drug-likeness (QED) is 0.918. The number of anilines is 1. The minimum atomic E-state index is -0.00425. The van der Waals surface area contributed by atoms with Gasteiger partial charge in [0, 0.05) is 19.6 Å². The van der Waals surface area contributed by atoms with Crippen molar-refractivity contribution in [3.05, 3.63) is 18.1 Å². The summed E-state index contributed by atoms with van der Waals surface area (Å²) in [5.41, 5.74) is 0.817. The number of carbonyl (C=O) groups excluding carboxylic acids is 1. The Labute approximate surface area is 120 Å². The lowest BCUT2D eigenvalue weighted by Gasteiger charge is -2.38. The normalized spacial score (nSPS) is 17.9. The van der Waals surface area contributed by atoms with Crippen molar-refractivity contribution in [2.45, 2.75) is 40.0 Å². The van der Waals surface area contributed by atoms with Crippen molar-refractivity contribution in [3.63, 3.8) is 0 Å². The van der Waals surface area contributed by atoms with Crippen LogP contribution >= 0.6 is 0 Å². The second kappa shape index (κ2) is 6.20. The molecule has 0 bridgehead atoms. The molecule has 1 aliphatic heterocycles. The molecule has 0 unspecified atom stereocenters. The highest BCUT2D eigenvalue weighted by Crippen LogP contribution is 2.34. The van der Waals surface area contributed by atoms with E-state index in [1.165, 1.54) is 6.42 Å².